The van der Waals surface area contributed by atoms with Crippen molar-refractivity contribution in [1.82, 2.24) is 0 Å². The molecule has 0 saturated carbocycles. The van der Waals surface area contributed by atoms with Crippen molar-refractivity contribution >= 4 is 50.5 Å². The average molecular weight is 453 g/mol. The number of hydrogen-bond acceptors (Lipinski definition) is 3. The molecule has 3 aromatic rings. The molecule has 0 unspecified atom stereocenters. The maximum Gasteiger partial charge on any atom is 0.261 e. The molecule has 0 saturated heterocycles. The van der Waals surface area contributed by atoms with Gasteiger partial charge in [-0.1, -0.05) is 29.3 Å². The van der Waals surface area contributed by atoms with E-state index in [1.807, 2.05) is 13.0 Å². The standard InChI is InChI=1S/C20H15Cl2FN2O3S/c1-12-2-9-19(17(22)10-12)24-20(26)13-3-5-14(6-4-13)25-29(27,28)15-7-8-18(23)16(21)11-15/h2-11,25H,1H3,(H,24,26). The Morgan fingerprint density at radius 1 is 0.931 bits per heavy atom. The molecule has 0 bridgehead atoms. The van der Waals surface area contributed by atoms with Crippen molar-refractivity contribution in [2.75, 3.05) is 10.0 Å². The van der Waals surface area contributed by atoms with Gasteiger partial charge in [0.25, 0.3) is 15.9 Å². The van der Waals surface area contributed by atoms with E-state index in [0.717, 1.165) is 23.8 Å². The molecule has 0 radical (unpaired) electrons. The van der Waals surface area contributed by atoms with Crippen molar-refractivity contribution in [3.8, 4) is 0 Å². The van der Waals surface area contributed by atoms with Crippen LogP contribution in [-0.4, -0.2) is 14.3 Å². The summed E-state index contributed by atoms with van der Waals surface area (Å²) in [5.74, 6) is -1.11. The Bertz CT molecular complexity index is 1180. The second-order valence-corrected chi connectivity index (χ2v) is 8.69. The van der Waals surface area contributed by atoms with E-state index in [2.05, 4.69) is 10.0 Å². The predicted octanol–water partition coefficient (Wildman–Crippen LogP) is 5.49. The van der Waals surface area contributed by atoms with Crippen LogP contribution >= 0.6 is 23.2 Å². The summed E-state index contributed by atoms with van der Waals surface area (Å²) in [4.78, 5) is 12.2. The molecule has 3 rings (SSSR count). The maximum atomic E-state index is 13.2. The van der Waals surface area contributed by atoms with Gasteiger partial charge in [-0.3, -0.25) is 9.52 Å². The van der Waals surface area contributed by atoms with Crippen molar-refractivity contribution in [2.45, 2.75) is 11.8 Å². The molecular weight excluding hydrogens is 438 g/mol. The smallest absolute Gasteiger partial charge is 0.261 e. The van der Waals surface area contributed by atoms with E-state index in [1.54, 1.807) is 12.1 Å². The first-order valence-electron chi connectivity index (χ1n) is 8.31. The minimum absolute atomic E-state index is 0.181. The number of carbonyl (C=O) groups is 1. The van der Waals surface area contributed by atoms with E-state index in [4.69, 9.17) is 23.2 Å². The number of nitrogens with one attached hydrogen (secondary N) is 2. The SMILES string of the molecule is Cc1ccc(NC(=O)c2ccc(NS(=O)(=O)c3ccc(F)c(Cl)c3)cc2)c(Cl)c1. The van der Waals surface area contributed by atoms with Crippen LogP contribution < -0.4 is 10.0 Å². The first-order valence-corrected chi connectivity index (χ1v) is 10.5. The molecule has 9 heteroatoms. The quantitative estimate of drug-likeness (QED) is 0.536. The highest BCUT2D eigenvalue weighted by atomic mass is 35.5. The van der Waals surface area contributed by atoms with Crippen LogP contribution in [0.4, 0.5) is 15.8 Å². The second-order valence-electron chi connectivity index (χ2n) is 6.20. The Morgan fingerprint density at radius 2 is 1.62 bits per heavy atom. The van der Waals surface area contributed by atoms with Gasteiger partial charge in [-0.2, -0.15) is 0 Å². The fourth-order valence-corrected chi connectivity index (χ4v) is 4.08. The number of carbonyl (C=O) groups excluding carboxylic acids is 1. The third-order valence-electron chi connectivity index (χ3n) is 3.97. The van der Waals surface area contributed by atoms with Gasteiger partial charge in [0.1, 0.15) is 5.82 Å². The summed E-state index contributed by atoms with van der Waals surface area (Å²) in [5.41, 5.74) is 1.98. The zero-order valence-corrected chi connectivity index (χ0v) is 17.4. The highest BCUT2D eigenvalue weighted by Gasteiger charge is 2.16. The Kier molecular flexibility index (Phi) is 6.12. The second kappa shape index (κ2) is 8.41. The van der Waals surface area contributed by atoms with Gasteiger partial charge in [0.05, 0.1) is 20.6 Å². The number of sulfonamides is 1. The molecule has 150 valence electrons. The molecule has 0 aromatic heterocycles. The zero-order chi connectivity index (χ0) is 21.2. The molecule has 0 fully saturated rings. The van der Waals surface area contributed by atoms with Gasteiger partial charge in [-0.25, -0.2) is 12.8 Å². The minimum Gasteiger partial charge on any atom is -0.321 e. The molecule has 5 nitrogen and oxygen atoms in total. The summed E-state index contributed by atoms with van der Waals surface area (Å²) in [6, 6.07) is 14.2. The molecule has 3 aromatic carbocycles. The zero-order valence-electron chi connectivity index (χ0n) is 15.0. The van der Waals surface area contributed by atoms with Crippen LogP contribution in [0.3, 0.4) is 0 Å². The molecule has 0 atom stereocenters. The van der Waals surface area contributed by atoms with Crippen LogP contribution in [-0.2, 0) is 10.0 Å². The largest absolute Gasteiger partial charge is 0.321 e. The summed E-state index contributed by atoms with van der Waals surface area (Å²) in [6.07, 6.45) is 0. The van der Waals surface area contributed by atoms with E-state index in [9.17, 15) is 17.6 Å². The monoisotopic (exact) mass is 452 g/mol. The summed E-state index contributed by atoms with van der Waals surface area (Å²) in [6.45, 7) is 1.89. The lowest BCUT2D eigenvalue weighted by atomic mass is 10.2. The van der Waals surface area contributed by atoms with Gasteiger partial charge in [0.15, 0.2) is 0 Å². The highest BCUT2D eigenvalue weighted by Crippen LogP contribution is 2.24. The van der Waals surface area contributed by atoms with Gasteiger partial charge < -0.3 is 5.32 Å². The summed E-state index contributed by atoms with van der Waals surface area (Å²) >= 11 is 11.8. The van der Waals surface area contributed by atoms with E-state index >= 15 is 0 Å². The van der Waals surface area contributed by atoms with Gasteiger partial charge in [0, 0.05) is 11.3 Å². The van der Waals surface area contributed by atoms with Crippen LogP contribution in [0.5, 0.6) is 0 Å². The van der Waals surface area contributed by atoms with Crippen molar-refractivity contribution in [2.24, 2.45) is 0 Å². The first-order chi connectivity index (χ1) is 13.7. The van der Waals surface area contributed by atoms with Crippen molar-refractivity contribution in [3.05, 3.63) is 87.7 Å². The molecular formula is C20H15Cl2FN2O3S. The molecule has 2 N–H and O–H groups in total. The van der Waals surface area contributed by atoms with Crippen LogP contribution in [0.2, 0.25) is 10.0 Å². The molecule has 0 aliphatic rings. The topological polar surface area (TPSA) is 75.3 Å². The van der Waals surface area contributed by atoms with Crippen molar-refractivity contribution in [3.63, 3.8) is 0 Å². The van der Waals surface area contributed by atoms with Crippen LogP contribution in [0.1, 0.15) is 15.9 Å². The number of anilines is 2. The molecule has 0 heterocycles. The average Bonchev–Trinajstić information content (AvgIpc) is 2.66. The molecule has 29 heavy (non-hydrogen) atoms. The Morgan fingerprint density at radius 3 is 2.24 bits per heavy atom. The van der Waals surface area contributed by atoms with E-state index in [-0.39, 0.29) is 15.6 Å². The van der Waals surface area contributed by atoms with E-state index in [1.165, 1.54) is 24.3 Å². The number of hydrogen-bond donors (Lipinski definition) is 2. The number of benzene rings is 3. The predicted molar refractivity (Wildman–Crippen MR) is 113 cm³/mol. The normalized spacial score (nSPS) is 11.2. The molecule has 1 amide bonds. The molecule has 0 spiro atoms. The van der Waals surface area contributed by atoms with Crippen LogP contribution in [0.15, 0.2) is 65.6 Å². The van der Waals surface area contributed by atoms with Crippen molar-refractivity contribution in [1.29, 1.82) is 0 Å². The van der Waals surface area contributed by atoms with Crippen LogP contribution in [0, 0.1) is 12.7 Å². The fourth-order valence-electron chi connectivity index (χ4n) is 2.46. The molecule has 0 aliphatic heterocycles. The Balaban J connectivity index is 1.74. The van der Waals surface area contributed by atoms with E-state index in [0.29, 0.717) is 16.3 Å². The Hall–Kier alpha value is -2.61. The fraction of sp³-hybridized carbons (Fsp3) is 0.0500. The third-order valence-corrected chi connectivity index (χ3v) is 5.95. The number of halogens is 3. The highest BCUT2D eigenvalue weighted by molar-refractivity contribution is 7.92. The summed E-state index contributed by atoms with van der Waals surface area (Å²) in [5, 5.41) is 2.82. The van der Waals surface area contributed by atoms with Gasteiger partial charge >= 0.3 is 0 Å². The van der Waals surface area contributed by atoms with Gasteiger partial charge in [-0.15, -0.1) is 0 Å². The van der Waals surface area contributed by atoms with Gasteiger partial charge in [0.2, 0.25) is 0 Å². The lowest BCUT2D eigenvalue weighted by molar-refractivity contribution is 0.102. The van der Waals surface area contributed by atoms with Crippen LogP contribution in [0.25, 0.3) is 0 Å². The lowest BCUT2D eigenvalue weighted by Crippen LogP contribution is -2.14. The number of aryl methyl sites for hydroxylation is 1. The summed E-state index contributed by atoms with van der Waals surface area (Å²) in [7, 11) is -3.96. The van der Waals surface area contributed by atoms with Gasteiger partial charge in [-0.05, 0) is 67.1 Å². The van der Waals surface area contributed by atoms with Crippen molar-refractivity contribution < 1.29 is 17.6 Å². The van der Waals surface area contributed by atoms with E-state index < -0.39 is 21.7 Å². The third kappa shape index (κ3) is 5.06. The maximum absolute atomic E-state index is 13.2. The Labute approximate surface area is 177 Å². The summed E-state index contributed by atoms with van der Waals surface area (Å²) < 4.78 is 40.4. The molecule has 0 aliphatic carbocycles. The minimum atomic E-state index is -3.96. The lowest BCUT2D eigenvalue weighted by Gasteiger charge is -2.10. The number of amides is 1. The number of rotatable bonds is 5. The first kappa shape index (κ1) is 21.1.